The Morgan fingerprint density at radius 1 is 1.03 bits per heavy atom. The summed E-state index contributed by atoms with van der Waals surface area (Å²) >= 11 is 0. The lowest BCUT2D eigenvalue weighted by Crippen LogP contribution is -2.29. The lowest BCUT2D eigenvalue weighted by molar-refractivity contribution is 0.00502. The number of fused-ring (bicyclic) bond motifs is 2. The number of nitrogen functional groups attached to an aromatic ring is 1. The number of nitrogens with two attached hydrogens (primary N) is 1. The quantitative estimate of drug-likeness (QED) is 0.415. The van der Waals surface area contributed by atoms with Crippen molar-refractivity contribution < 1.29 is 10.2 Å². The number of rotatable bonds is 6. The first kappa shape index (κ1) is 19.9. The molecule has 1 aliphatic rings. The van der Waals surface area contributed by atoms with Crippen LogP contribution in [0.4, 0.5) is 5.82 Å². The fourth-order valence-electron chi connectivity index (χ4n) is 5.04. The van der Waals surface area contributed by atoms with Gasteiger partial charge in [-0.05, 0) is 54.7 Å². The van der Waals surface area contributed by atoms with Crippen molar-refractivity contribution in [2.75, 3.05) is 5.73 Å². The van der Waals surface area contributed by atoms with Gasteiger partial charge in [0.1, 0.15) is 23.9 Å². The number of aryl methyl sites for hydroxylation is 1. The highest BCUT2D eigenvalue weighted by Crippen LogP contribution is 2.40. The van der Waals surface area contributed by atoms with Gasteiger partial charge in [0, 0.05) is 24.0 Å². The van der Waals surface area contributed by atoms with Crippen LogP contribution in [0.2, 0.25) is 0 Å². The third kappa shape index (κ3) is 3.64. The highest BCUT2D eigenvalue weighted by Gasteiger charge is 2.42. The van der Waals surface area contributed by atoms with Crippen molar-refractivity contribution in [3.05, 3.63) is 60.8 Å². The molecule has 1 saturated carbocycles. The summed E-state index contributed by atoms with van der Waals surface area (Å²) in [6, 6.07) is 10.1. The molecule has 4 aromatic rings. The number of unbranched alkanes of at least 4 members (excludes halogenated alkanes) is 1. The third-order valence-electron chi connectivity index (χ3n) is 6.71. The lowest BCUT2D eigenvalue weighted by atomic mass is 9.95. The van der Waals surface area contributed by atoms with E-state index >= 15 is 0 Å². The average Bonchev–Trinajstić information content (AvgIpc) is 3.34. The summed E-state index contributed by atoms with van der Waals surface area (Å²) in [5, 5.41) is 24.6. The Morgan fingerprint density at radius 3 is 2.84 bits per heavy atom. The summed E-state index contributed by atoms with van der Waals surface area (Å²) in [6.07, 6.45) is 10.1. The molecule has 3 heterocycles. The number of anilines is 1. The number of aromatic nitrogens is 4. The van der Waals surface area contributed by atoms with Crippen LogP contribution in [0.3, 0.4) is 0 Å². The van der Waals surface area contributed by atoms with Gasteiger partial charge in [-0.1, -0.05) is 24.6 Å². The van der Waals surface area contributed by atoms with Gasteiger partial charge in [0.05, 0.1) is 17.5 Å². The maximum atomic E-state index is 10.7. The normalized spacial score (nSPS) is 23.7. The van der Waals surface area contributed by atoms with Crippen LogP contribution in [0, 0.1) is 5.92 Å². The van der Waals surface area contributed by atoms with Crippen molar-refractivity contribution >= 4 is 27.6 Å². The summed E-state index contributed by atoms with van der Waals surface area (Å²) in [4.78, 5) is 12.6. The van der Waals surface area contributed by atoms with Gasteiger partial charge >= 0.3 is 0 Å². The minimum absolute atomic E-state index is 0.0609. The van der Waals surface area contributed by atoms with Crippen molar-refractivity contribution in [1.82, 2.24) is 19.5 Å². The van der Waals surface area contributed by atoms with E-state index in [1.54, 1.807) is 0 Å². The fraction of sp³-hybridized carbons (Fsp3) is 0.375. The summed E-state index contributed by atoms with van der Waals surface area (Å²) in [7, 11) is 0. The van der Waals surface area contributed by atoms with Gasteiger partial charge in [-0.2, -0.15) is 0 Å². The van der Waals surface area contributed by atoms with E-state index in [0.717, 1.165) is 31.1 Å². The molecule has 1 aliphatic carbocycles. The summed E-state index contributed by atoms with van der Waals surface area (Å²) in [5.74, 6) is 0.489. The Labute approximate surface area is 180 Å². The van der Waals surface area contributed by atoms with Crippen LogP contribution in [0.5, 0.6) is 0 Å². The minimum Gasteiger partial charge on any atom is -0.390 e. The molecule has 4 N–H and O–H groups in total. The molecule has 0 aliphatic heterocycles. The molecule has 160 valence electrons. The molecule has 5 rings (SSSR count). The van der Waals surface area contributed by atoms with Crippen molar-refractivity contribution in [3.63, 3.8) is 0 Å². The zero-order chi connectivity index (χ0) is 21.4. The second-order valence-electron chi connectivity index (χ2n) is 8.52. The van der Waals surface area contributed by atoms with E-state index in [-0.39, 0.29) is 12.0 Å². The van der Waals surface area contributed by atoms with E-state index < -0.39 is 12.2 Å². The molecule has 0 radical (unpaired) electrons. The smallest absolute Gasteiger partial charge is 0.145 e. The molecule has 1 fully saturated rings. The zero-order valence-corrected chi connectivity index (χ0v) is 17.3. The standard InChI is InChI=1S/C24H27N5O2/c25-23-18-9-11-29(24(18)28-14-27-23)20-12-17(21(30)22(20)31)5-2-1-4-15-6-3-7-16-8-10-26-13-19(15)16/h3,6-11,13-14,17,20-22,30-31H,1-2,4-5,12H2,(H2,25,27,28)/t17-,20+,21+,22-/m0/s1. The van der Waals surface area contributed by atoms with Gasteiger partial charge in [0.25, 0.3) is 0 Å². The van der Waals surface area contributed by atoms with E-state index in [1.807, 2.05) is 35.3 Å². The Morgan fingerprint density at radius 2 is 1.94 bits per heavy atom. The number of hydrogen-bond donors (Lipinski definition) is 3. The fourth-order valence-corrected chi connectivity index (χ4v) is 5.04. The molecule has 0 saturated heterocycles. The van der Waals surface area contributed by atoms with Gasteiger partial charge in [-0.25, -0.2) is 9.97 Å². The van der Waals surface area contributed by atoms with Gasteiger partial charge in [0.15, 0.2) is 0 Å². The van der Waals surface area contributed by atoms with Crippen molar-refractivity contribution in [2.24, 2.45) is 5.92 Å². The second kappa shape index (κ2) is 8.24. The Hall–Kier alpha value is -3.03. The number of nitrogens with zero attached hydrogens (tertiary/aromatic N) is 4. The molecule has 31 heavy (non-hydrogen) atoms. The number of benzene rings is 1. The van der Waals surface area contributed by atoms with Gasteiger partial charge < -0.3 is 20.5 Å². The van der Waals surface area contributed by atoms with Crippen molar-refractivity contribution in [3.8, 4) is 0 Å². The van der Waals surface area contributed by atoms with E-state index in [9.17, 15) is 10.2 Å². The Balaban J connectivity index is 1.23. The first-order chi connectivity index (χ1) is 15.1. The van der Waals surface area contributed by atoms with E-state index in [0.29, 0.717) is 17.9 Å². The van der Waals surface area contributed by atoms with Crippen LogP contribution in [-0.4, -0.2) is 41.9 Å². The molecule has 0 unspecified atom stereocenters. The van der Waals surface area contributed by atoms with Crippen LogP contribution < -0.4 is 5.73 Å². The zero-order valence-electron chi connectivity index (χ0n) is 17.3. The molecule has 0 amide bonds. The summed E-state index contributed by atoms with van der Waals surface area (Å²) in [5.41, 5.74) is 7.96. The first-order valence-electron chi connectivity index (χ1n) is 10.9. The number of aliphatic hydroxyl groups excluding tert-OH is 2. The summed E-state index contributed by atoms with van der Waals surface area (Å²) < 4.78 is 1.93. The molecule has 7 nitrogen and oxygen atoms in total. The second-order valence-corrected chi connectivity index (χ2v) is 8.52. The van der Waals surface area contributed by atoms with Crippen LogP contribution in [0.25, 0.3) is 21.8 Å². The van der Waals surface area contributed by atoms with E-state index in [1.165, 1.54) is 22.7 Å². The topological polar surface area (TPSA) is 110 Å². The first-order valence-corrected chi connectivity index (χ1v) is 10.9. The lowest BCUT2D eigenvalue weighted by Gasteiger charge is -2.19. The van der Waals surface area contributed by atoms with Crippen molar-refractivity contribution in [2.45, 2.75) is 50.4 Å². The molecule has 7 heteroatoms. The van der Waals surface area contributed by atoms with Crippen LogP contribution in [-0.2, 0) is 6.42 Å². The molecular weight excluding hydrogens is 390 g/mol. The van der Waals surface area contributed by atoms with Gasteiger partial charge in [-0.15, -0.1) is 0 Å². The van der Waals surface area contributed by atoms with Gasteiger partial charge in [0.2, 0.25) is 0 Å². The third-order valence-corrected chi connectivity index (χ3v) is 6.71. The molecule has 0 spiro atoms. The number of aliphatic hydroxyl groups is 2. The predicted octanol–water partition coefficient (Wildman–Crippen LogP) is 3.26. The van der Waals surface area contributed by atoms with E-state index in [4.69, 9.17) is 5.73 Å². The molecular formula is C24H27N5O2. The molecule has 0 bridgehead atoms. The maximum Gasteiger partial charge on any atom is 0.145 e. The highest BCUT2D eigenvalue weighted by atomic mass is 16.3. The monoisotopic (exact) mass is 417 g/mol. The maximum absolute atomic E-state index is 10.7. The summed E-state index contributed by atoms with van der Waals surface area (Å²) in [6.45, 7) is 0. The largest absolute Gasteiger partial charge is 0.390 e. The average molecular weight is 418 g/mol. The molecule has 1 aromatic carbocycles. The highest BCUT2D eigenvalue weighted by molar-refractivity contribution is 5.86. The van der Waals surface area contributed by atoms with Crippen LogP contribution in [0.1, 0.15) is 37.3 Å². The van der Waals surface area contributed by atoms with Crippen LogP contribution >= 0.6 is 0 Å². The number of pyridine rings is 1. The Kier molecular flexibility index (Phi) is 5.29. The molecule has 3 aromatic heterocycles. The SMILES string of the molecule is Nc1ncnc2c1ccn2[C@@H]1C[C@H](CCCCc2cccc3ccncc23)[C@@H](O)[C@H]1O. The van der Waals surface area contributed by atoms with E-state index in [2.05, 4.69) is 33.2 Å². The molecule has 4 atom stereocenters. The van der Waals surface area contributed by atoms with Crippen LogP contribution in [0.15, 0.2) is 55.2 Å². The minimum atomic E-state index is -0.819. The van der Waals surface area contributed by atoms with Gasteiger partial charge in [-0.3, -0.25) is 4.98 Å². The predicted molar refractivity (Wildman–Crippen MR) is 120 cm³/mol. The van der Waals surface area contributed by atoms with Crippen molar-refractivity contribution in [1.29, 1.82) is 0 Å². The Bertz CT molecular complexity index is 1200. The number of hydrogen-bond acceptors (Lipinski definition) is 6.